The Morgan fingerprint density at radius 1 is 0.815 bits per heavy atom. The fraction of sp³-hybridized carbons (Fsp3) is 0.395. The van der Waals surface area contributed by atoms with Crippen LogP contribution in [0.3, 0.4) is 0 Å². The van der Waals surface area contributed by atoms with Crippen LogP contribution in [0.15, 0.2) is 36.9 Å². The molecule has 16 heteroatoms. The van der Waals surface area contributed by atoms with Crippen molar-refractivity contribution in [1.82, 2.24) is 30.2 Å². The molecular weight excluding hydrogens is 761 g/mol. The van der Waals surface area contributed by atoms with Crippen LogP contribution in [0.4, 0.5) is 14.8 Å². The van der Waals surface area contributed by atoms with Crippen molar-refractivity contribution < 1.29 is 19.1 Å². The van der Waals surface area contributed by atoms with Crippen LogP contribution < -0.4 is 16.0 Å². The molecule has 0 spiro atoms. The van der Waals surface area contributed by atoms with E-state index in [1.807, 2.05) is 39.8 Å². The second-order valence-electron chi connectivity index (χ2n) is 14.6. The molecule has 0 saturated carbocycles. The summed E-state index contributed by atoms with van der Waals surface area (Å²) in [5, 5.41) is 13.1. The molecule has 3 N–H and O–H groups in total. The minimum atomic E-state index is -0.548. The maximum atomic E-state index is 12.7. The van der Waals surface area contributed by atoms with Crippen LogP contribution >= 0.6 is 45.3 Å². The zero-order chi connectivity index (χ0) is 38.5. The van der Waals surface area contributed by atoms with E-state index in [1.54, 1.807) is 70.6 Å². The predicted octanol–water partition coefficient (Wildman–Crippen LogP) is 9.03. The number of pyridine rings is 2. The second kappa shape index (κ2) is 15.1. The number of thiazole rings is 2. The van der Waals surface area contributed by atoms with E-state index in [0.717, 1.165) is 68.4 Å². The van der Waals surface area contributed by atoms with Crippen LogP contribution in [-0.4, -0.2) is 60.4 Å². The lowest BCUT2D eigenvalue weighted by atomic mass is 9.95. The average Bonchev–Trinajstić information content (AvgIpc) is 3.85. The molecule has 0 fully saturated rings. The van der Waals surface area contributed by atoms with Crippen molar-refractivity contribution >= 4 is 93.7 Å². The van der Waals surface area contributed by atoms with E-state index in [0.29, 0.717) is 19.0 Å². The number of anilines is 2. The van der Waals surface area contributed by atoms with Crippen LogP contribution in [0.5, 0.6) is 0 Å². The lowest BCUT2D eigenvalue weighted by Crippen LogP contribution is -2.44. The molecule has 0 aromatic carbocycles. The molecule has 282 valence electrons. The number of ether oxygens (including phenoxy) is 1. The van der Waals surface area contributed by atoms with Crippen molar-refractivity contribution in [3.05, 3.63) is 57.8 Å². The van der Waals surface area contributed by atoms with Crippen LogP contribution in [-0.2, 0) is 33.7 Å². The van der Waals surface area contributed by atoms with Gasteiger partial charge in [-0.15, -0.1) is 45.3 Å². The molecule has 8 rings (SSSR count). The molecule has 2 aliphatic rings. The van der Waals surface area contributed by atoms with Crippen LogP contribution in [0, 0.1) is 0 Å². The lowest BCUT2D eigenvalue weighted by molar-refractivity contribution is -0.115. The van der Waals surface area contributed by atoms with Gasteiger partial charge in [0, 0.05) is 65.2 Å². The third kappa shape index (κ3) is 7.89. The Bertz CT molecular complexity index is 2320. The van der Waals surface area contributed by atoms with Gasteiger partial charge >= 0.3 is 6.09 Å². The average molecular weight is 803 g/mol. The maximum Gasteiger partial charge on any atom is 0.410 e. The molecule has 54 heavy (non-hydrogen) atoms. The van der Waals surface area contributed by atoms with E-state index in [-0.39, 0.29) is 30.0 Å². The number of aromatic nitrogens is 4. The van der Waals surface area contributed by atoms with Crippen molar-refractivity contribution in [2.24, 2.45) is 0 Å². The van der Waals surface area contributed by atoms with E-state index in [2.05, 4.69) is 39.8 Å². The Labute approximate surface area is 329 Å². The highest BCUT2D eigenvalue weighted by Crippen LogP contribution is 2.48. The third-order valence-electron chi connectivity index (χ3n) is 8.93. The molecular formula is C38H42N8O4S4. The summed E-state index contributed by atoms with van der Waals surface area (Å²) in [6.45, 7) is 15.5. The molecule has 6 aromatic rings. The first-order valence-corrected chi connectivity index (χ1v) is 20.9. The van der Waals surface area contributed by atoms with Crippen LogP contribution in [0.1, 0.15) is 82.3 Å². The number of amides is 3. The normalized spacial score (nSPS) is 18.1. The number of hydrogen-bond acceptors (Lipinski definition) is 13. The molecule has 0 bridgehead atoms. The van der Waals surface area contributed by atoms with E-state index in [1.165, 1.54) is 28.7 Å². The first-order valence-electron chi connectivity index (χ1n) is 17.7. The molecule has 2 aliphatic heterocycles. The highest BCUT2D eigenvalue weighted by atomic mass is 32.1. The highest BCUT2D eigenvalue weighted by molar-refractivity contribution is 7.23. The van der Waals surface area contributed by atoms with E-state index in [9.17, 15) is 14.4 Å². The molecule has 3 unspecified atom stereocenters. The molecule has 3 atom stereocenters. The Morgan fingerprint density at radius 2 is 1.37 bits per heavy atom. The topological polar surface area (TPSA) is 151 Å². The third-order valence-corrected chi connectivity index (χ3v) is 13.5. The molecule has 0 aliphatic carbocycles. The van der Waals surface area contributed by atoms with Gasteiger partial charge in [-0.3, -0.25) is 19.6 Å². The quantitative estimate of drug-likeness (QED) is 0.159. The first kappa shape index (κ1) is 37.9. The number of nitrogens with zero attached hydrogens (tertiary/aromatic N) is 5. The number of nitrogens with one attached hydrogen (secondary N) is 3. The van der Waals surface area contributed by atoms with Gasteiger partial charge in [-0.1, -0.05) is 0 Å². The highest BCUT2D eigenvalue weighted by Gasteiger charge is 2.35. The summed E-state index contributed by atoms with van der Waals surface area (Å²) in [5.41, 5.74) is 5.70. The molecule has 8 heterocycles. The monoisotopic (exact) mass is 802 g/mol. The maximum absolute atomic E-state index is 12.7. The molecule has 6 aromatic heterocycles. The Hall–Kier alpha value is -4.35. The lowest BCUT2D eigenvalue weighted by Gasteiger charge is -2.35. The molecule has 0 radical (unpaired) electrons. The number of fused-ring (bicyclic) bond motifs is 4. The molecule has 0 saturated heterocycles. The summed E-state index contributed by atoms with van der Waals surface area (Å²) in [7, 11) is 0. The summed E-state index contributed by atoms with van der Waals surface area (Å²) >= 11 is 6.41. The smallest absolute Gasteiger partial charge is 0.410 e. The Morgan fingerprint density at radius 3 is 1.91 bits per heavy atom. The number of carbonyl (C=O) groups excluding carboxylic acids is 3. The van der Waals surface area contributed by atoms with E-state index in [4.69, 9.17) is 14.7 Å². The number of hydrogen-bond donors (Lipinski definition) is 3. The minimum Gasteiger partial charge on any atom is -0.444 e. The van der Waals surface area contributed by atoms with E-state index < -0.39 is 5.60 Å². The SMILES string of the molecule is CC(=O)Nc1sc2c(c1-c1nc3cnccc3s1)CC(C)N(C(=O)OC(C)(C)C)C2.CC(=O)Nc1sc2c(c1-c1nc3cnccc3s1)CC(C)NC2C. The number of rotatable bonds is 4. The number of carbonyl (C=O) groups is 3. The summed E-state index contributed by atoms with van der Waals surface area (Å²) in [5.74, 6) is -0.180. The van der Waals surface area contributed by atoms with Crippen molar-refractivity contribution in [1.29, 1.82) is 0 Å². The van der Waals surface area contributed by atoms with E-state index >= 15 is 0 Å². The first-order chi connectivity index (χ1) is 25.6. The summed E-state index contributed by atoms with van der Waals surface area (Å²) < 4.78 is 7.76. The van der Waals surface area contributed by atoms with Gasteiger partial charge in [0.1, 0.15) is 36.7 Å². The van der Waals surface area contributed by atoms with Crippen LogP contribution in [0.2, 0.25) is 0 Å². The van der Waals surface area contributed by atoms with Crippen LogP contribution in [0.25, 0.3) is 41.6 Å². The summed E-state index contributed by atoms with van der Waals surface area (Å²) in [6.07, 6.45) is 8.38. The fourth-order valence-electron chi connectivity index (χ4n) is 6.76. The van der Waals surface area contributed by atoms with Gasteiger partial charge in [0.2, 0.25) is 11.8 Å². The van der Waals surface area contributed by atoms with Crippen molar-refractivity contribution in [2.45, 2.75) is 98.5 Å². The van der Waals surface area contributed by atoms with Gasteiger partial charge in [0.15, 0.2) is 0 Å². The van der Waals surface area contributed by atoms with Gasteiger partial charge in [0.25, 0.3) is 0 Å². The van der Waals surface area contributed by atoms with Gasteiger partial charge in [0.05, 0.1) is 28.3 Å². The summed E-state index contributed by atoms with van der Waals surface area (Å²) in [4.78, 5) is 58.2. The predicted molar refractivity (Wildman–Crippen MR) is 220 cm³/mol. The second-order valence-corrected chi connectivity index (χ2v) is 18.8. The molecule has 3 amide bonds. The largest absolute Gasteiger partial charge is 0.444 e. The Balaban J connectivity index is 0.000000171. The zero-order valence-electron chi connectivity index (χ0n) is 31.3. The van der Waals surface area contributed by atoms with Gasteiger partial charge in [-0.2, -0.15) is 0 Å². The molecule has 12 nitrogen and oxygen atoms in total. The van der Waals surface area contributed by atoms with Gasteiger partial charge in [-0.05, 0) is 77.6 Å². The standard InChI is InChI=1S/C21H24N4O3S2.C17H18N4OS2/c1-11-8-13-16(10-25(11)20(27)28-21(3,4)5)30-18(23-12(2)26)17(13)19-24-14-9-22-7-6-15(14)29-19;1-8-6-11-14(17-21-12-7-18-5-4-13(12)23-17)16(20-10(3)22)24-15(11)9(2)19-8/h6-7,9,11H,8,10H2,1-5H3,(H,23,26);4-5,7-9,19H,6H2,1-3H3,(H,20,22). The Kier molecular flexibility index (Phi) is 10.6. The minimum absolute atomic E-state index is 0.0260. The van der Waals surface area contributed by atoms with Crippen molar-refractivity contribution in [3.8, 4) is 21.1 Å². The number of thiophene rings is 2. The van der Waals surface area contributed by atoms with Gasteiger partial charge in [-0.25, -0.2) is 14.8 Å². The van der Waals surface area contributed by atoms with Gasteiger partial charge < -0.3 is 25.6 Å². The fourth-order valence-corrected chi connectivity index (χ4v) is 11.5. The van der Waals surface area contributed by atoms with Crippen molar-refractivity contribution in [3.63, 3.8) is 0 Å². The van der Waals surface area contributed by atoms with Crippen molar-refractivity contribution in [2.75, 3.05) is 10.6 Å². The summed E-state index contributed by atoms with van der Waals surface area (Å²) in [6, 6.07) is 4.59. The zero-order valence-corrected chi connectivity index (χ0v) is 34.6.